The van der Waals surface area contributed by atoms with Crippen molar-refractivity contribution in [2.45, 2.75) is 64.2 Å². The Labute approximate surface area is 260 Å². The zero-order chi connectivity index (χ0) is 30.8. The molecule has 1 saturated heterocycles. The van der Waals surface area contributed by atoms with Crippen LogP contribution < -0.4 is 14.5 Å². The third kappa shape index (κ3) is 5.77. The number of hydrogen-bond acceptors (Lipinski definition) is 7. The van der Waals surface area contributed by atoms with Crippen molar-refractivity contribution in [1.29, 1.82) is 0 Å². The van der Waals surface area contributed by atoms with Crippen molar-refractivity contribution < 1.29 is 9.53 Å². The predicted molar refractivity (Wildman–Crippen MR) is 174 cm³/mol. The molecule has 0 radical (unpaired) electrons. The van der Waals surface area contributed by atoms with Crippen LogP contribution in [0.2, 0.25) is 0 Å². The van der Waals surface area contributed by atoms with Crippen LogP contribution in [0, 0.1) is 25.8 Å². The van der Waals surface area contributed by atoms with Crippen molar-refractivity contribution in [3.63, 3.8) is 0 Å². The molecule has 3 aliphatic rings. The Hall–Kier alpha value is -4.34. The highest BCUT2D eigenvalue weighted by molar-refractivity contribution is 5.97. The Bertz CT molecular complexity index is 1620. The number of anilines is 2. The fourth-order valence-electron chi connectivity index (χ4n) is 6.82. The molecule has 6 rings (SSSR count). The summed E-state index contributed by atoms with van der Waals surface area (Å²) in [7, 11) is 2.18. The first-order valence-electron chi connectivity index (χ1n) is 15.7. The van der Waals surface area contributed by atoms with Gasteiger partial charge in [0, 0.05) is 54.9 Å². The van der Waals surface area contributed by atoms with E-state index < -0.39 is 0 Å². The molecule has 1 aromatic heterocycles. The lowest BCUT2D eigenvalue weighted by Crippen LogP contribution is -2.56. The highest BCUT2D eigenvalue weighted by Crippen LogP contribution is 2.36. The van der Waals surface area contributed by atoms with Gasteiger partial charge in [-0.25, -0.2) is 6.57 Å². The predicted octanol–water partition coefficient (Wildman–Crippen LogP) is 4.32. The monoisotopic (exact) mass is 591 g/mol. The Morgan fingerprint density at radius 3 is 2.70 bits per heavy atom. The molecule has 1 amide bonds. The highest BCUT2D eigenvalue weighted by Gasteiger charge is 2.35. The van der Waals surface area contributed by atoms with E-state index in [1.165, 1.54) is 41.3 Å². The molecular formula is C35H41N7O2. The standard InChI is InChI=1S/C35H41N7O2/c1-6-32(43)42-19-18-41(21-28(42)20-36-4)34-29-16-17-40(31-15-8-12-26-11-7-10-24(2)33(26)31)22-30(29)37-35(38-34)44-23-25(3)39(5)27-13-9-14-27/h1,7-8,10-12,15,25,27-28H,9,13-14,16-23H2,2-3,5H3/t25-,28-/m0/s1. The summed E-state index contributed by atoms with van der Waals surface area (Å²) >= 11 is 0. The van der Waals surface area contributed by atoms with E-state index >= 15 is 0 Å². The van der Waals surface area contributed by atoms with Gasteiger partial charge in [-0.2, -0.15) is 9.97 Å². The molecule has 2 atom stereocenters. The van der Waals surface area contributed by atoms with E-state index in [1.54, 1.807) is 4.90 Å². The fraction of sp³-hybridized carbons (Fsp3) is 0.486. The SMILES string of the molecule is [C-]#[N+]C[C@H]1CN(c2nc(OC[C@H](C)N(C)C3CCC3)nc3c2CCN(c2cccc4cccc(C)c24)C3)CCN1C(=O)C#C. The Kier molecular flexibility index (Phi) is 8.59. The topological polar surface area (TPSA) is 69.4 Å². The smallest absolute Gasteiger partial charge is 0.318 e. The molecule has 1 aliphatic carbocycles. The van der Waals surface area contributed by atoms with Crippen LogP contribution in [0.25, 0.3) is 15.6 Å². The van der Waals surface area contributed by atoms with Crippen LogP contribution in [0.5, 0.6) is 6.01 Å². The maximum Gasteiger partial charge on any atom is 0.318 e. The molecule has 2 aromatic carbocycles. The van der Waals surface area contributed by atoms with Crippen LogP contribution in [0.1, 0.15) is 43.0 Å². The lowest BCUT2D eigenvalue weighted by atomic mass is 9.91. The summed E-state index contributed by atoms with van der Waals surface area (Å²) in [5, 5.41) is 2.50. The minimum Gasteiger partial charge on any atom is -0.462 e. The molecule has 3 heterocycles. The number of rotatable bonds is 8. The molecule has 3 aromatic rings. The van der Waals surface area contributed by atoms with Gasteiger partial charge in [-0.1, -0.05) is 36.8 Å². The summed E-state index contributed by atoms with van der Waals surface area (Å²) in [6.07, 6.45) is 10.0. The second-order valence-corrected chi connectivity index (χ2v) is 12.4. The minimum absolute atomic E-state index is 0.194. The molecule has 44 heavy (non-hydrogen) atoms. The van der Waals surface area contributed by atoms with Gasteiger partial charge in [0.05, 0.1) is 12.2 Å². The Balaban J connectivity index is 1.32. The van der Waals surface area contributed by atoms with Crippen LogP contribution in [0.3, 0.4) is 0 Å². The van der Waals surface area contributed by atoms with E-state index in [0.717, 1.165) is 30.0 Å². The van der Waals surface area contributed by atoms with Crippen LogP contribution >= 0.6 is 0 Å². The number of benzene rings is 2. The molecule has 228 valence electrons. The third-order valence-electron chi connectivity index (χ3n) is 9.72. The van der Waals surface area contributed by atoms with E-state index in [0.29, 0.717) is 44.8 Å². The summed E-state index contributed by atoms with van der Waals surface area (Å²) in [6.45, 7) is 15.6. The number of piperazine rings is 1. The molecule has 0 unspecified atom stereocenters. The second kappa shape index (κ2) is 12.7. The van der Waals surface area contributed by atoms with E-state index in [9.17, 15) is 4.79 Å². The quantitative estimate of drug-likeness (QED) is 0.286. The van der Waals surface area contributed by atoms with Gasteiger partial charge >= 0.3 is 6.01 Å². The zero-order valence-electron chi connectivity index (χ0n) is 26.0. The van der Waals surface area contributed by atoms with Crippen molar-refractivity contribution in [1.82, 2.24) is 19.8 Å². The van der Waals surface area contributed by atoms with Crippen molar-refractivity contribution in [3.8, 4) is 18.4 Å². The Morgan fingerprint density at radius 1 is 1.18 bits per heavy atom. The highest BCUT2D eigenvalue weighted by atomic mass is 16.5. The minimum atomic E-state index is -0.363. The number of nitrogens with zero attached hydrogens (tertiary/aromatic N) is 7. The summed E-state index contributed by atoms with van der Waals surface area (Å²) in [5.74, 6) is 2.72. The van der Waals surface area contributed by atoms with E-state index in [1.807, 2.05) is 0 Å². The second-order valence-electron chi connectivity index (χ2n) is 12.4. The number of amides is 1. The summed E-state index contributed by atoms with van der Waals surface area (Å²) in [6, 6.07) is 13.9. The number of fused-ring (bicyclic) bond motifs is 2. The number of carbonyl (C=O) groups excluding carboxylic acids is 1. The normalized spacial score (nSPS) is 19.2. The molecular weight excluding hydrogens is 550 g/mol. The average Bonchev–Trinajstić information content (AvgIpc) is 3.01. The zero-order valence-corrected chi connectivity index (χ0v) is 26.0. The maximum absolute atomic E-state index is 12.5. The van der Waals surface area contributed by atoms with Crippen LogP contribution in [0.4, 0.5) is 11.5 Å². The van der Waals surface area contributed by atoms with Gasteiger partial charge in [0.2, 0.25) is 6.54 Å². The number of terminal acetylenes is 1. The number of hydrogen-bond donors (Lipinski definition) is 0. The van der Waals surface area contributed by atoms with Crippen LogP contribution in [-0.4, -0.2) is 90.2 Å². The molecule has 2 fully saturated rings. The van der Waals surface area contributed by atoms with Gasteiger partial charge in [-0.3, -0.25) is 9.69 Å². The maximum atomic E-state index is 12.5. The van der Waals surface area contributed by atoms with Gasteiger partial charge in [0.25, 0.3) is 5.91 Å². The number of likely N-dealkylation sites (N-methyl/N-ethyl adjacent to an activating group) is 1. The van der Waals surface area contributed by atoms with Gasteiger partial charge in [-0.15, -0.1) is 6.42 Å². The first-order chi connectivity index (χ1) is 21.4. The van der Waals surface area contributed by atoms with E-state index in [-0.39, 0.29) is 24.5 Å². The first kappa shape index (κ1) is 29.7. The number of carbonyl (C=O) groups is 1. The van der Waals surface area contributed by atoms with Crippen LogP contribution in [-0.2, 0) is 17.8 Å². The summed E-state index contributed by atoms with van der Waals surface area (Å²) < 4.78 is 6.34. The van der Waals surface area contributed by atoms with Crippen molar-refractivity contribution in [2.24, 2.45) is 0 Å². The largest absolute Gasteiger partial charge is 0.462 e. The third-order valence-corrected chi connectivity index (χ3v) is 9.72. The summed E-state index contributed by atoms with van der Waals surface area (Å²) in [5.41, 5.74) is 4.54. The van der Waals surface area contributed by atoms with Crippen molar-refractivity contribution in [3.05, 3.63) is 64.6 Å². The van der Waals surface area contributed by atoms with E-state index in [4.69, 9.17) is 27.7 Å². The van der Waals surface area contributed by atoms with Gasteiger partial charge in [0.15, 0.2) is 0 Å². The molecule has 0 bridgehead atoms. The van der Waals surface area contributed by atoms with Crippen molar-refractivity contribution >= 4 is 28.2 Å². The summed E-state index contributed by atoms with van der Waals surface area (Å²) in [4.78, 5) is 34.8. The lowest BCUT2D eigenvalue weighted by Gasteiger charge is -2.41. The number of aromatic nitrogens is 2. The molecule has 2 aliphatic heterocycles. The molecule has 9 heteroatoms. The van der Waals surface area contributed by atoms with E-state index in [2.05, 4.69) is 82.8 Å². The fourth-order valence-corrected chi connectivity index (χ4v) is 6.82. The lowest BCUT2D eigenvalue weighted by molar-refractivity contribution is -0.127. The number of aryl methyl sites for hydroxylation is 1. The van der Waals surface area contributed by atoms with Crippen LogP contribution in [0.15, 0.2) is 36.4 Å². The number of ether oxygens (including phenoxy) is 1. The van der Waals surface area contributed by atoms with Gasteiger partial charge in [0.1, 0.15) is 18.5 Å². The molecule has 1 saturated carbocycles. The van der Waals surface area contributed by atoms with Gasteiger partial charge in [-0.05, 0) is 63.1 Å². The van der Waals surface area contributed by atoms with Gasteiger partial charge < -0.3 is 24.3 Å². The molecule has 9 nitrogen and oxygen atoms in total. The average molecular weight is 592 g/mol. The Morgan fingerprint density at radius 2 is 1.98 bits per heavy atom. The van der Waals surface area contributed by atoms with Crippen molar-refractivity contribution in [2.75, 3.05) is 56.2 Å². The first-order valence-corrected chi connectivity index (χ1v) is 15.7. The molecule has 0 N–H and O–H groups in total. The molecule has 0 spiro atoms.